The minimum Gasteiger partial charge on any atom is -0.485 e. The summed E-state index contributed by atoms with van der Waals surface area (Å²) in [5, 5.41) is 3.33. The van der Waals surface area contributed by atoms with Gasteiger partial charge in [0.2, 0.25) is 6.10 Å². The van der Waals surface area contributed by atoms with Crippen LogP contribution in [0.4, 0.5) is 11.4 Å². The summed E-state index contributed by atoms with van der Waals surface area (Å²) in [5.74, 6) is 1.08. The lowest BCUT2D eigenvalue weighted by Crippen LogP contribution is -2.55. The number of hydrogen-bond acceptors (Lipinski definition) is 5. The molecule has 0 unspecified atom stereocenters. The summed E-state index contributed by atoms with van der Waals surface area (Å²) in [6.45, 7) is 2.04. The number of para-hydroxylation sites is 4. The fraction of sp³-hybridized carbons (Fsp3) is 0.231. The second-order valence-corrected chi connectivity index (χ2v) is 8.02. The highest BCUT2D eigenvalue weighted by molar-refractivity contribution is 6.00. The van der Waals surface area contributed by atoms with Crippen LogP contribution < -0.4 is 14.8 Å². The van der Waals surface area contributed by atoms with Crippen molar-refractivity contribution in [3.05, 3.63) is 84.4 Å². The van der Waals surface area contributed by atoms with E-state index in [2.05, 4.69) is 5.32 Å². The third kappa shape index (κ3) is 4.48. The molecule has 5 rings (SSSR count). The van der Waals surface area contributed by atoms with E-state index in [4.69, 9.17) is 9.47 Å². The summed E-state index contributed by atoms with van der Waals surface area (Å²) in [6.07, 6.45) is -0.669. The highest BCUT2D eigenvalue weighted by atomic mass is 16.6. The van der Waals surface area contributed by atoms with Gasteiger partial charge in [0, 0.05) is 31.9 Å². The van der Waals surface area contributed by atoms with Gasteiger partial charge < -0.3 is 24.6 Å². The normalized spacial score (nSPS) is 17.4. The van der Waals surface area contributed by atoms with E-state index in [0.29, 0.717) is 43.2 Å². The first kappa shape index (κ1) is 20.9. The Kier molecular flexibility index (Phi) is 5.85. The molecule has 1 atom stereocenters. The molecule has 0 radical (unpaired) electrons. The lowest BCUT2D eigenvalue weighted by atomic mass is 10.1. The van der Waals surface area contributed by atoms with E-state index in [1.54, 1.807) is 15.9 Å². The fourth-order valence-corrected chi connectivity index (χ4v) is 4.10. The van der Waals surface area contributed by atoms with Crippen LogP contribution >= 0.6 is 0 Å². The van der Waals surface area contributed by atoms with Crippen LogP contribution in [0.1, 0.15) is 10.4 Å². The first-order valence-electron chi connectivity index (χ1n) is 11.1. The summed E-state index contributed by atoms with van der Waals surface area (Å²) in [4.78, 5) is 29.8. The Morgan fingerprint density at radius 2 is 1.39 bits per heavy atom. The number of hydrogen-bond donors (Lipinski definition) is 1. The molecule has 0 bridgehead atoms. The number of fused-ring (bicyclic) bond motifs is 1. The van der Waals surface area contributed by atoms with Crippen molar-refractivity contribution in [2.24, 2.45) is 0 Å². The minimum absolute atomic E-state index is 0.0488. The number of carbonyl (C=O) groups excluding carboxylic acids is 2. The average molecular weight is 444 g/mol. The quantitative estimate of drug-likeness (QED) is 0.668. The molecule has 1 N–H and O–H groups in total. The smallest absolute Gasteiger partial charge is 0.267 e. The Bertz CT molecular complexity index is 1140. The number of benzene rings is 3. The van der Waals surface area contributed by atoms with E-state index in [1.165, 1.54) is 0 Å². The van der Waals surface area contributed by atoms with E-state index < -0.39 is 6.10 Å². The molecule has 1 saturated heterocycles. The van der Waals surface area contributed by atoms with Gasteiger partial charge in [0.15, 0.2) is 11.5 Å². The van der Waals surface area contributed by atoms with Crippen LogP contribution in [0.15, 0.2) is 78.9 Å². The van der Waals surface area contributed by atoms with E-state index in [-0.39, 0.29) is 18.4 Å². The van der Waals surface area contributed by atoms with Gasteiger partial charge in [0.1, 0.15) is 6.61 Å². The summed E-state index contributed by atoms with van der Waals surface area (Å²) in [6, 6.07) is 24.6. The zero-order valence-electron chi connectivity index (χ0n) is 18.1. The lowest BCUT2D eigenvalue weighted by molar-refractivity contribution is -0.142. The molecule has 2 aliphatic rings. The second kappa shape index (κ2) is 9.24. The SMILES string of the molecule is O=C(c1ccccc1Nc1ccccc1)N1CCN(C(=O)[C@@H]2COc3ccccc3O2)CC1. The zero-order valence-corrected chi connectivity index (χ0v) is 18.1. The van der Waals surface area contributed by atoms with Gasteiger partial charge in [-0.15, -0.1) is 0 Å². The molecule has 7 heteroatoms. The number of rotatable bonds is 4. The van der Waals surface area contributed by atoms with E-state index in [1.807, 2.05) is 72.8 Å². The van der Waals surface area contributed by atoms with Gasteiger partial charge in [0.05, 0.1) is 11.3 Å². The second-order valence-electron chi connectivity index (χ2n) is 8.02. The molecule has 1 fully saturated rings. The fourth-order valence-electron chi connectivity index (χ4n) is 4.10. The maximum absolute atomic E-state index is 13.3. The predicted octanol–water partition coefficient (Wildman–Crippen LogP) is 3.55. The highest BCUT2D eigenvalue weighted by Crippen LogP contribution is 2.31. The largest absolute Gasteiger partial charge is 0.485 e. The third-order valence-electron chi connectivity index (χ3n) is 5.87. The number of amides is 2. The van der Waals surface area contributed by atoms with E-state index in [0.717, 1.165) is 11.4 Å². The monoisotopic (exact) mass is 443 g/mol. The summed E-state index contributed by atoms with van der Waals surface area (Å²) < 4.78 is 11.5. The number of nitrogens with zero attached hydrogens (tertiary/aromatic N) is 2. The van der Waals surface area contributed by atoms with Gasteiger partial charge in [-0.1, -0.05) is 42.5 Å². The molecule has 2 amide bonds. The molecule has 0 spiro atoms. The van der Waals surface area contributed by atoms with Crippen LogP contribution in [0, 0.1) is 0 Å². The van der Waals surface area contributed by atoms with Crippen molar-refractivity contribution in [1.29, 1.82) is 0 Å². The molecule has 168 valence electrons. The summed E-state index contributed by atoms with van der Waals surface area (Å²) in [5.41, 5.74) is 2.30. The Balaban J connectivity index is 1.21. The van der Waals surface area contributed by atoms with Crippen LogP contribution in [0.5, 0.6) is 11.5 Å². The van der Waals surface area contributed by atoms with Gasteiger partial charge >= 0.3 is 0 Å². The van der Waals surface area contributed by atoms with Gasteiger partial charge in [-0.25, -0.2) is 0 Å². The molecule has 7 nitrogen and oxygen atoms in total. The van der Waals surface area contributed by atoms with Crippen molar-refractivity contribution in [2.45, 2.75) is 6.10 Å². The number of nitrogens with one attached hydrogen (secondary N) is 1. The van der Waals surface area contributed by atoms with Crippen molar-refractivity contribution in [1.82, 2.24) is 9.80 Å². The predicted molar refractivity (Wildman–Crippen MR) is 125 cm³/mol. The molecule has 3 aromatic carbocycles. The first-order chi connectivity index (χ1) is 16.2. The van der Waals surface area contributed by atoms with Crippen LogP contribution in [0.25, 0.3) is 0 Å². The van der Waals surface area contributed by atoms with Crippen LogP contribution in [-0.4, -0.2) is 60.5 Å². The van der Waals surface area contributed by atoms with Gasteiger partial charge in [-0.3, -0.25) is 9.59 Å². The molecule has 2 aliphatic heterocycles. The Hall–Kier alpha value is -4.00. The lowest BCUT2D eigenvalue weighted by Gasteiger charge is -2.37. The van der Waals surface area contributed by atoms with Crippen molar-refractivity contribution in [3.63, 3.8) is 0 Å². The molecule has 0 aromatic heterocycles. The summed E-state index contributed by atoms with van der Waals surface area (Å²) >= 11 is 0. The van der Waals surface area contributed by atoms with Gasteiger partial charge in [-0.2, -0.15) is 0 Å². The molecular formula is C26H25N3O4. The van der Waals surface area contributed by atoms with Crippen molar-refractivity contribution >= 4 is 23.2 Å². The van der Waals surface area contributed by atoms with Crippen LogP contribution in [-0.2, 0) is 4.79 Å². The van der Waals surface area contributed by atoms with E-state index in [9.17, 15) is 9.59 Å². The third-order valence-corrected chi connectivity index (χ3v) is 5.87. The summed E-state index contributed by atoms with van der Waals surface area (Å²) in [7, 11) is 0. The van der Waals surface area contributed by atoms with Crippen molar-refractivity contribution < 1.29 is 19.1 Å². The standard InChI is InChI=1S/C26H25N3O4/c30-25(20-10-4-5-11-21(20)27-19-8-2-1-3-9-19)28-14-16-29(17-15-28)26(31)24-18-32-22-12-6-7-13-23(22)33-24/h1-13,24,27H,14-18H2/t24-/m0/s1. The maximum Gasteiger partial charge on any atom is 0.267 e. The number of anilines is 2. The Labute approximate surface area is 192 Å². The highest BCUT2D eigenvalue weighted by Gasteiger charge is 2.33. The molecule has 0 aliphatic carbocycles. The number of ether oxygens (including phenoxy) is 2. The number of piperazine rings is 1. The molecular weight excluding hydrogens is 418 g/mol. The average Bonchev–Trinajstić information content (AvgIpc) is 2.88. The molecule has 33 heavy (non-hydrogen) atoms. The van der Waals surface area contributed by atoms with Gasteiger partial charge in [-0.05, 0) is 36.4 Å². The minimum atomic E-state index is -0.669. The molecule has 2 heterocycles. The maximum atomic E-state index is 13.3. The topological polar surface area (TPSA) is 71.1 Å². The Morgan fingerprint density at radius 3 is 2.18 bits per heavy atom. The van der Waals surface area contributed by atoms with Crippen molar-refractivity contribution in [3.8, 4) is 11.5 Å². The zero-order chi connectivity index (χ0) is 22.6. The molecule has 3 aromatic rings. The van der Waals surface area contributed by atoms with Gasteiger partial charge in [0.25, 0.3) is 11.8 Å². The molecule has 0 saturated carbocycles. The van der Waals surface area contributed by atoms with Crippen molar-refractivity contribution in [2.75, 3.05) is 38.1 Å². The first-order valence-corrected chi connectivity index (χ1v) is 11.1. The number of carbonyl (C=O) groups is 2. The van der Waals surface area contributed by atoms with Crippen LogP contribution in [0.3, 0.4) is 0 Å². The van der Waals surface area contributed by atoms with Crippen LogP contribution in [0.2, 0.25) is 0 Å². The Morgan fingerprint density at radius 1 is 0.758 bits per heavy atom. The van der Waals surface area contributed by atoms with E-state index >= 15 is 0 Å².